The number of nitrogens with zero attached hydrogens (tertiary/aromatic N) is 5. The van der Waals surface area contributed by atoms with Crippen molar-refractivity contribution in [2.75, 3.05) is 33.2 Å². The number of carbonyl (C=O) groups is 1. The summed E-state index contributed by atoms with van der Waals surface area (Å²) in [7, 11) is 2.03. The molecule has 150 valence electrons. The zero-order chi connectivity index (χ0) is 19.5. The van der Waals surface area contributed by atoms with Crippen LogP contribution >= 0.6 is 0 Å². The third-order valence-corrected chi connectivity index (χ3v) is 6.11. The first kappa shape index (κ1) is 19.1. The molecule has 1 aromatic carbocycles. The minimum atomic E-state index is -0.213. The SMILES string of the molecule is CCN(C)C(C(=O)N1CCC(c2nnc3n2CCNC3)CC1)c1ccccc1. The average Bonchev–Trinajstić information content (AvgIpc) is 3.19. The van der Waals surface area contributed by atoms with Crippen LogP contribution < -0.4 is 5.32 Å². The van der Waals surface area contributed by atoms with Crippen LogP contribution in [0.2, 0.25) is 0 Å². The van der Waals surface area contributed by atoms with Gasteiger partial charge in [-0.1, -0.05) is 37.3 Å². The van der Waals surface area contributed by atoms with E-state index in [0.717, 1.165) is 69.3 Å². The lowest BCUT2D eigenvalue weighted by molar-refractivity contribution is -0.137. The van der Waals surface area contributed by atoms with Crippen LogP contribution in [0.1, 0.15) is 48.9 Å². The molecule has 1 fully saturated rings. The minimum Gasteiger partial charge on any atom is -0.341 e. The Labute approximate surface area is 166 Å². The van der Waals surface area contributed by atoms with Crippen LogP contribution in [0.25, 0.3) is 0 Å². The predicted octanol–water partition coefficient (Wildman–Crippen LogP) is 1.78. The fourth-order valence-corrected chi connectivity index (χ4v) is 4.35. The molecule has 0 spiro atoms. The first-order chi connectivity index (χ1) is 13.7. The largest absolute Gasteiger partial charge is 0.341 e. The second-order valence-corrected chi connectivity index (χ2v) is 7.79. The third-order valence-electron chi connectivity index (χ3n) is 6.11. The summed E-state index contributed by atoms with van der Waals surface area (Å²) in [6, 6.07) is 9.91. The van der Waals surface area contributed by atoms with E-state index < -0.39 is 0 Å². The molecule has 1 unspecified atom stereocenters. The van der Waals surface area contributed by atoms with Crippen LogP contribution in [0.3, 0.4) is 0 Å². The number of likely N-dealkylation sites (N-methyl/N-ethyl adjacent to an activating group) is 1. The van der Waals surface area contributed by atoms with Gasteiger partial charge in [0.15, 0.2) is 0 Å². The summed E-state index contributed by atoms with van der Waals surface area (Å²) in [6.45, 7) is 7.20. The molecule has 0 saturated carbocycles. The van der Waals surface area contributed by atoms with E-state index >= 15 is 0 Å². The van der Waals surface area contributed by atoms with E-state index in [4.69, 9.17) is 0 Å². The molecular weight excluding hydrogens is 352 g/mol. The molecule has 2 aliphatic heterocycles. The van der Waals surface area contributed by atoms with E-state index in [1.807, 2.05) is 30.1 Å². The molecule has 1 amide bonds. The Morgan fingerprint density at radius 3 is 2.68 bits per heavy atom. The van der Waals surface area contributed by atoms with Crippen molar-refractivity contribution in [3.05, 3.63) is 47.5 Å². The third kappa shape index (κ3) is 3.69. The molecule has 28 heavy (non-hydrogen) atoms. The van der Waals surface area contributed by atoms with Gasteiger partial charge in [0.05, 0.1) is 6.54 Å². The highest BCUT2D eigenvalue weighted by Gasteiger charge is 2.33. The van der Waals surface area contributed by atoms with Crippen LogP contribution in [-0.2, 0) is 17.9 Å². The Bertz CT molecular complexity index is 796. The Hall–Kier alpha value is -2.25. The summed E-state index contributed by atoms with van der Waals surface area (Å²) in [5, 5.41) is 12.2. The number of aromatic nitrogens is 3. The van der Waals surface area contributed by atoms with Crippen LogP contribution in [0.4, 0.5) is 0 Å². The molecule has 1 N–H and O–H groups in total. The van der Waals surface area contributed by atoms with Gasteiger partial charge in [-0.2, -0.15) is 0 Å². The summed E-state index contributed by atoms with van der Waals surface area (Å²) in [6.07, 6.45) is 1.91. The van der Waals surface area contributed by atoms with Crippen LogP contribution in [-0.4, -0.2) is 63.7 Å². The minimum absolute atomic E-state index is 0.210. The van der Waals surface area contributed by atoms with Crippen molar-refractivity contribution in [2.24, 2.45) is 0 Å². The van der Waals surface area contributed by atoms with Crippen LogP contribution in [0.15, 0.2) is 30.3 Å². The monoisotopic (exact) mass is 382 g/mol. The second-order valence-electron chi connectivity index (χ2n) is 7.79. The Morgan fingerprint density at radius 1 is 1.21 bits per heavy atom. The second kappa shape index (κ2) is 8.41. The van der Waals surface area contributed by atoms with Gasteiger partial charge in [0.1, 0.15) is 17.7 Å². The molecule has 0 radical (unpaired) electrons. The van der Waals surface area contributed by atoms with Gasteiger partial charge < -0.3 is 14.8 Å². The molecule has 0 aliphatic carbocycles. The summed E-state index contributed by atoms with van der Waals surface area (Å²) < 4.78 is 2.27. The summed E-state index contributed by atoms with van der Waals surface area (Å²) in [5.41, 5.74) is 1.07. The van der Waals surface area contributed by atoms with Gasteiger partial charge in [-0.25, -0.2) is 0 Å². The van der Waals surface area contributed by atoms with Gasteiger partial charge in [0.25, 0.3) is 0 Å². The van der Waals surface area contributed by atoms with Gasteiger partial charge in [-0.15, -0.1) is 10.2 Å². The van der Waals surface area contributed by atoms with Gasteiger partial charge in [-0.3, -0.25) is 9.69 Å². The number of piperidine rings is 1. The van der Waals surface area contributed by atoms with Gasteiger partial charge >= 0.3 is 0 Å². The normalized spacial score (nSPS) is 18.9. The topological polar surface area (TPSA) is 66.3 Å². The lowest BCUT2D eigenvalue weighted by Gasteiger charge is -2.36. The van der Waals surface area contributed by atoms with E-state index in [1.54, 1.807) is 0 Å². The van der Waals surface area contributed by atoms with Crippen molar-refractivity contribution in [3.8, 4) is 0 Å². The molecule has 2 aromatic rings. The number of hydrogen-bond donors (Lipinski definition) is 1. The van der Waals surface area contributed by atoms with E-state index in [9.17, 15) is 4.79 Å². The molecule has 1 atom stereocenters. The number of fused-ring (bicyclic) bond motifs is 1. The quantitative estimate of drug-likeness (QED) is 0.854. The van der Waals surface area contributed by atoms with Crippen molar-refractivity contribution in [1.82, 2.24) is 29.9 Å². The molecule has 1 aromatic heterocycles. The Kier molecular flexibility index (Phi) is 5.73. The van der Waals surface area contributed by atoms with E-state index in [2.05, 4.69) is 44.0 Å². The average molecular weight is 383 g/mol. The Balaban J connectivity index is 1.45. The molecule has 7 nitrogen and oxygen atoms in total. The fourth-order valence-electron chi connectivity index (χ4n) is 4.35. The van der Waals surface area contributed by atoms with E-state index in [1.165, 1.54) is 0 Å². The number of benzene rings is 1. The summed E-state index contributed by atoms with van der Waals surface area (Å²) in [4.78, 5) is 17.5. The van der Waals surface area contributed by atoms with Crippen molar-refractivity contribution in [3.63, 3.8) is 0 Å². The van der Waals surface area contributed by atoms with Crippen LogP contribution in [0, 0.1) is 0 Å². The summed E-state index contributed by atoms with van der Waals surface area (Å²) in [5.74, 6) is 2.74. The number of carbonyl (C=O) groups excluding carboxylic acids is 1. The smallest absolute Gasteiger partial charge is 0.244 e. The van der Waals surface area contributed by atoms with Crippen molar-refractivity contribution < 1.29 is 4.79 Å². The lowest BCUT2D eigenvalue weighted by atomic mass is 9.94. The molecule has 4 rings (SSSR count). The number of amides is 1. The highest BCUT2D eigenvalue weighted by Crippen LogP contribution is 2.30. The number of rotatable bonds is 5. The molecule has 7 heteroatoms. The highest BCUT2D eigenvalue weighted by atomic mass is 16.2. The molecular formula is C21H30N6O. The van der Waals surface area contributed by atoms with E-state index in [-0.39, 0.29) is 11.9 Å². The highest BCUT2D eigenvalue weighted by molar-refractivity contribution is 5.83. The van der Waals surface area contributed by atoms with Gasteiger partial charge in [-0.05, 0) is 32.0 Å². The molecule has 1 saturated heterocycles. The van der Waals surface area contributed by atoms with Crippen molar-refractivity contribution in [1.29, 1.82) is 0 Å². The first-order valence-electron chi connectivity index (χ1n) is 10.4. The van der Waals surface area contributed by atoms with Gasteiger partial charge in [0, 0.05) is 32.1 Å². The maximum atomic E-state index is 13.4. The first-order valence-corrected chi connectivity index (χ1v) is 10.4. The zero-order valence-electron chi connectivity index (χ0n) is 16.8. The standard InChI is InChI=1S/C21H30N6O/c1-3-25(2)19(16-7-5-4-6-8-16)21(28)26-12-9-17(10-13-26)20-24-23-18-15-22-11-14-27(18)20/h4-8,17,19,22H,3,9-15H2,1-2H3. The number of likely N-dealkylation sites (tertiary alicyclic amines) is 1. The van der Waals surface area contributed by atoms with E-state index in [0.29, 0.717) is 5.92 Å². The van der Waals surface area contributed by atoms with Gasteiger partial charge in [0.2, 0.25) is 5.91 Å². The Morgan fingerprint density at radius 2 is 1.96 bits per heavy atom. The zero-order valence-corrected chi connectivity index (χ0v) is 16.8. The maximum Gasteiger partial charge on any atom is 0.244 e. The maximum absolute atomic E-state index is 13.4. The van der Waals surface area contributed by atoms with Crippen molar-refractivity contribution >= 4 is 5.91 Å². The molecule has 0 bridgehead atoms. The number of nitrogens with one attached hydrogen (secondary N) is 1. The number of hydrogen-bond acceptors (Lipinski definition) is 5. The molecule has 2 aliphatic rings. The summed E-state index contributed by atoms with van der Waals surface area (Å²) >= 11 is 0. The van der Waals surface area contributed by atoms with Crippen LogP contribution in [0.5, 0.6) is 0 Å². The van der Waals surface area contributed by atoms with Crippen molar-refractivity contribution in [2.45, 2.75) is 44.8 Å². The fraction of sp³-hybridized carbons (Fsp3) is 0.571. The lowest BCUT2D eigenvalue weighted by Crippen LogP contribution is -2.45. The predicted molar refractivity (Wildman–Crippen MR) is 108 cm³/mol. The molecule has 3 heterocycles.